The maximum Gasteiger partial charge on any atom is 0.268 e. The quantitative estimate of drug-likeness (QED) is 0.890. The highest BCUT2D eigenvalue weighted by Gasteiger charge is 2.32. The average Bonchev–Trinajstić information content (AvgIpc) is 2.61. The van der Waals surface area contributed by atoms with E-state index in [0.29, 0.717) is 27.9 Å². The zero-order valence-corrected chi connectivity index (χ0v) is 15.5. The number of nitrogens with zero attached hydrogens (tertiary/aromatic N) is 1. The van der Waals surface area contributed by atoms with E-state index in [9.17, 15) is 9.59 Å². The van der Waals surface area contributed by atoms with E-state index in [1.807, 2.05) is 13.0 Å². The van der Waals surface area contributed by atoms with Crippen molar-refractivity contribution >= 4 is 34.8 Å². The van der Waals surface area contributed by atoms with Crippen molar-refractivity contribution in [2.75, 3.05) is 23.9 Å². The molecule has 26 heavy (non-hydrogen) atoms. The van der Waals surface area contributed by atoms with Crippen molar-refractivity contribution in [1.29, 1.82) is 0 Å². The number of carbonyl (C=O) groups is 2. The first-order chi connectivity index (χ1) is 12.4. The number of para-hydroxylation sites is 2. The number of fused-ring (bicyclic) bond motifs is 1. The molecule has 2 aromatic rings. The molecule has 0 saturated carbocycles. The van der Waals surface area contributed by atoms with Crippen molar-refractivity contribution in [2.45, 2.75) is 20.0 Å². The molecule has 1 aliphatic heterocycles. The zero-order chi connectivity index (χ0) is 18.8. The highest BCUT2D eigenvalue weighted by molar-refractivity contribution is 6.31. The summed E-state index contributed by atoms with van der Waals surface area (Å²) in [5.41, 5.74) is 1.88. The maximum atomic E-state index is 12.6. The summed E-state index contributed by atoms with van der Waals surface area (Å²) in [6.45, 7) is 3.37. The zero-order valence-electron chi connectivity index (χ0n) is 14.7. The van der Waals surface area contributed by atoms with E-state index >= 15 is 0 Å². The first-order valence-electron chi connectivity index (χ1n) is 8.11. The molecule has 0 fully saturated rings. The van der Waals surface area contributed by atoms with E-state index in [4.69, 9.17) is 21.1 Å². The standard InChI is InChI=1S/C19H19ClN2O4/c1-11-8-14(17(25-3)9-13(11)20)21-18(23)10-22-15-6-4-5-7-16(15)26-12(2)19(22)24/h4-9,12H,10H2,1-3H3,(H,21,23)/t12-/m0/s1. The Morgan fingerprint density at radius 1 is 1.35 bits per heavy atom. The third kappa shape index (κ3) is 3.46. The van der Waals surface area contributed by atoms with Crippen LogP contribution in [0.4, 0.5) is 11.4 Å². The SMILES string of the molecule is COc1cc(Cl)c(C)cc1NC(=O)CN1C(=O)[C@H](C)Oc2ccccc21. The molecule has 3 rings (SSSR count). The Kier molecular flexibility index (Phi) is 5.04. The number of ether oxygens (including phenoxy) is 2. The van der Waals surface area contributed by atoms with Gasteiger partial charge in [-0.3, -0.25) is 14.5 Å². The van der Waals surface area contributed by atoms with Crippen molar-refractivity contribution in [3.05, 3.63) is 47.0 Å². The first kappa shape index (κ1) is 18.1. The number of anilines is 2. The van der Waals surface area contributed by atoms with E-state index < -0.39 is 6.10 Å². The summed E-state index contributed by atoms with van der Waals surface area (Å²) in [4.78, 5) is 26.5. The van der Waals surface area contributed by atoms with Gasteiger partial charge in [0.05, 0.1) is 18.5 Å². The summed E-state index contributed by atoms with van der Waals surface area (Å²) < 4.78 is 10.8. The second-order valence-corrected chi connectivity index (χ2v) is 6.41. The third-order valence-electron chi connectivity index (χ3n) is 4.13. The van der Waals surface area contributed by atoms with Gasteiger partial charge in [0, 0.05) is 11.1 Å². The van der Waals surface area contributed by atoms with Crippen molar-refractivity contribution in [2.24, 2.45) is 0 Å². The Morgan fingerprint density at radius 2 is 2.08 bits per heavy atom. The predicted octanol–water partition coefficient (Wildman–Crippen LogP) is 3.41. The number of amides is 2. The number of hydrogen-bond donors (Lipinski definition) is 1. The van der Waals surface area contributed by atoms with Crippen LogP contribution in [-0.4, -0.2) is 31.6 Å². The molecule has 0 unspecified atom stereocenters. The smallest absolute Gasteiger partial charge is 0.268 e. The van der Waals surface area contributed by atoms with Gasteiger partial charge in [-0.15, -0.1) is 0 Å². The number of halogens is 1. The molecular formula is C19H19ClN2O4. The number of nitrogens with one attached hydrogen (secondary N) is 1. The lowest BCUT2D eigenvalue weighted by Gasteiger charge is -2.32. The van der Waals surface area contributed by atoms with Gasteiger partial charge in [-0.1, -0.05) is 23.7 Å². The van der Waals surface area contributed by atoms with E-state index in [-0.39, 0.29) is 18.4 Å². The molecule has 0 aromatic heterocycles. The Morgan fingerprint density at radius 3 is 2.81 bits per heavy atom. The minimum absolute atomic E-state index is 0.131. The second kappa shape index (κ2) is 7.25. The Bertz CT molecular complexity index is 869. The number of rotatable bonds is 4. The third-order valence-corrected chi connectivity index (χ3v) is 4.54. The lowest BCUT2D eigenvalue weighted by Crippen LogP contribution is -2.47. The minimum Gasteiger partial charge on any atom is -0.495 e. The summed E-state index contributed by atoms with van der Waals surface area (Å²) in [6, 6.07) is 10.5. The molecule has 6 nitrogen and oxygen atoms in total. The number of benzene rings is 2. The summed E-state index contributed by atoms with van der Waals surface area (Å²) in [5.74, 6) is 0.420. The average molecular weight is 375 g/mol. The Labute approximate surface area is 156 Å². The topological polar surface area (TPSA) is 67.9 Å². The lowest BCUT2D eigenvalue weighted by molar-refractivity contribution is -0.127. The molecule has 1 N–H and O–H groups in total. The normalized spacial score (nSPS) is 15.9. The molecule has 1 heterocycles. The molecule has 7 heteroatoms. The van der Waals surface area contributed by atoms with Crippen LogP contribution in [0.2, 0.25) is 5.02 Å². The van der Waals surface area contributed by atoms with Crippen LogP contribution in [0.15, 0.2) is 36.4 Å². The van der Waals surface area contributed by atoms with Gasteiger partial charge < -0.3 is 14.8 Å². The van der Waals surface area contributed by atoms with E-state index in [0.717, 1.165) is 5.56 Å². The Hall–Kier alpha value is -2.73. The van der Waals surface area contributed by atoms with Crippen molar-refractivity contribution < 1.29 is 19.1 Å². The molecule has 0 aliphatic carbocycles. The molecule has 1 aliphatic rings. The minimum atomic E-state index is -0.648. The summed E-state index contributed by atoms with van der Waals surface area (Å²) in [6.07, 6.45) is -0.648. The second-order valence-electron chi connectivity index (χ2n) is 6.00. The van der Waals surface area contributed by atoms with E-state index in [1.54, 1.807) is 37.3 Å². The molecule has 2 amide bonds. The summed E-state index contributed by atoms with van der Waals surface area (Å²) in [5, 5.41) is 3.33. The lowest BCUT2D eigenvalue weighted by atomic mass is 10.1. The molecule has 0 bridgehead atoms. The van der Waals surface area contributed by atoms with Gasteiger partial charge in [0.25, 0.3) is 5.91 Å². The van der Waals surface area contributed by atoms with Crippen LogP contribution < -0.4 is 19.7 Å². The number of aryl methyl sites for hydroxylation is 1. The van der Waals surface area contributed by atoms with E-state index in [2.05, 4.69) is 5.32 Å². The van der Waals surface area contributed by atoms with E-state index in [1.165, 1.54) is 12.0 Å². The maximum absolute atomic E-state index is 12.6. The molecule has 0 saturated heterocycles. The summed E-state index contributed by atoms with van der Waals surface area (Å²) in [7, 11) is 1.50. The largest absolute Gasteiger partial charge is 0.495 e. The first-order valence-corrected chi connectivity index (χ1v) is 8.49. The van der Waals surface area contributed by atoms with Gasteiger partial charge in [0.15, 0.2) is 6.10 Å². The molecule has 136 valence electrons. The molecular weight excluding hydrogens is 356 g/mol. The van der Waals surface area contributed by atoms with Gasteiger partial charge >= 0.3 is 0 Å². The Balaban J connectivity index is 1.82. The van der Waals surface area contributed by atoms with Crippen LogP contribution in [0.25, 0.3) is 0 Å². The number of hydrogen-bond acceptors (Lipinski definition) is 4. The van der Waals surface area contributed by atoms with Crippen molar-refractivity contribution in [1.82, 2.24) is 0 Å². The van der Waals surface area contributed by atoms with Crippen LogP contribution in [0.1, 0.15) is 12.5 Å². The number of carbonyl (C=O) groups excluding carboxylic acids is 2. The van der Waals surface area contributed by atoms with Gasteiger partial charge in [-0.05, 0) is 37.6 Å². The van der Waals surface area contributed by atoms with Crippen LogP contribution in [0.5, 0.6) is 11.5 Å². The van der Waals surface area contributed by atoms with Crippen LogP contribution in [0.3, 0.4) is 0 Å². The van der Waals surface area contributed by atoms with Crippen LogP contribution in [0, 0.1) is 6.92 Å². The van der Waals surface area contributed by atoms with Crippen LogP contribution >= 0.6 is 11.6 Å². The van der Waals surface area contributed by atoms with Gasteiger partial charge in [-0.2, -0.15) is 0 Å². The highest BCUT2D eigenvalue weighted by Crippen LogP contribution is 2.34. The fraction of sp³-hybridized carbons (Fsp3) is 0.263. The van der Waals surface area contributed by atoms with Gasteiger partial charge in [0.2, 0.25) is 5.91 Å². The molecule has 0 spiro atoms. The number of methoxy groups -OCH3 is 1. The van der Waals surface area contributed by atoms with Crippen LogP contribution in [-0.2, 0) is 9.59 Å². The molecule has 0 radical (unpaired) electrons. The van der Waals surface area contributed by atoms with Crippen molar-refractivity contribution in [3.8, 4) is 11.5 Å². The molecule has 2 aromatic carbocycles. The monoisotopic (exact) mass is 374 g/mol. The fourth-order valence-electron chi connectivity index (χ4n) is 2.79. The highest BCUT2D eigenvalue weighted by atomic mass is 35.5. The predicted molar refractivity (Wildman–Crippen MR) is 100 cm³/mol. The summed E-state index contributed by atoms with van der Waals surface area (Å²) >= 11 is 6.09. The molecule has 1 atom stereocenters. The van der Waals surface area contributed by atoms with Gasteiger partial charge in [-0.25, -0.2) is 0 Å². The van der Waals surface area contributed by atoms with Gasteiger partial charge in [0.1, 0.15) is 18.0 Å². The fourth-order valence-corrected chi connectivity index (χ4v) is 2.94. The van der Waals surface area contributed by atoms with Crippen molar-refractivity contribution in [3.63, 3.8) is 0 Å².